The first kappa shape index (κ1) is 14.5. The lowest BCUT2D eigenvalue weighted by molar-refractivity contribution is -0.137. The average molecular weight is 280 g/mol. The largest absolute Gasteiger partial charge is 0.416 e. The molecule has 20 heavy (non-hydrogen) atoms. The van der Waals surface area contributed by atoms with Crippen molar-refractivity contribution >= 4 is 0 Å². The van der Waals surface area contributed by atoms with Gasteiger partial charge in [-0.05, 0) is 49.4 Å². The standard InChI is InChI=1S/C15H15F3N2/c1-10-8-12(6-7-20-10)14(19-2)11-4-3-5-13(9-11)15(16,17)18/h3-9,14,19H,1-2H3. The molecule has 2 aromatic rings. The number of alkyl halides is 3. The summed E-state index contributed by atoms with van der Waals surface area (Å²) in [6, 6.07) is 8.74. The number of benzene rings is 1. The molecule has 2 nitrogen and oxygen atoms in total. The highest BCUT2D eigenvalue weighted by atomic mass is 19.4. The third kappa shape index (κ3) is 3.17. The van der Waals surface area contributed by atoms with Crippen molar-refractivity contribution < 1.29 is 13.2 Å². The van der Waals surface area contributed by atoms with E-state index in [0.717, 1.165) is 17.3 Å². The molecule has 1 N–H and O–H groups in total. The molecular weight excluding hydrogens is 265 g/mol. The van der Waals surface area contributed by atoms with Gasteiger partial charge in [-0.1, -0.05) is 12.1 Å². The van der Waals surface area contributed by atoms with E-state index < -0.39 is 11.7 Å². The number of nitrogens with one attached hydrogen (secondary N) is 1. The topological polar surface area (TPSA) is 24.9 Å². The number of aryl methyl sites for hydroxylation is 1. The minimum Gasteiger partial charge on any atom is -0.309 e. The Kier molecular flexibility index (Phi) is 4.09. The van der Waals surface area contributed by atoms with E-state index in [4.69, 9.17) is 0 Å². The molecule has 0 saturated carbocycles. The molecule has 1 unspecified atom stereocenters. The highest BCUT2D eigenvalue weighted by molar-refractivity contribution is 5.35. The third-order valence-electron chi connectivity index (χ3n) is 3.09. The Hall–Kier alpha value is -1.88. The molecule has 0 aliphatic rings. The van der Waals surface area contributed by atoms with E-state index in [-0.39, 0.29) is 6.04 Å². The van der Waals surface area contributed by atoms with Crippen molar-refractivity contribution in [2.24, 2.45) is 0 Å². The summed E-state index contributed by atoms with van der Waals surface area (Å²) < 4.78 is 38.3. The van der Waals surface area contributed by atoms with Gasteiger partial charge in [-0.25, -0.2) is 0 Å². The van der Waals surface area contributed by atoms with E-state index in [2.05, 4.69) is 10.3 Å². The zero-order valence-corrected chi connectivity index (χ0v) is 11.2. The van der Waals surface area contributed by atoms with Gasteiger partial charge in [0.15, 0.2) is 0 Å². The van der Waals surface area contributed by atoms with Crippen LogP contribution in [0.25, 0.3) is 0 Å². The summed E-state index contributed by atoms with van der Waals surface area (Å²) in [6.45, 7) is 1.85. The van der Waals surface area contributed by atoms with Crippen LogP contribution in [-0.2, 0) is 6.18 Å². The van der Waals surface area contributed by atoms with Crippen LogP contribution in [0.15, 0.2) is 42.6 Å². The molecular formula is C15H15F3N2. The number of halogens is 3. The normalized spacial score (nSPS) is 13.2. The molecule has 1 heterocycles. The lowest BCUT2D eigenvalue weighted by Gasteiger charge is -2.19. The van der Waals surface area contributed by atoms with Gasteiger partial charge in [-0.2, -0.15) is 13.2 Å². The van der Waals surface area contributed by atoms with Gasteiger partial charge < -0.3 is 5.32 Å². The molecule has 2 rings (SSSR count). The van der Waals surface area contributed by atoms with Crippen molar-refractivity contribution in [2.75, 3.05) is 7.05 Å². The van der Waals surface area contributed by atoms with Crippen LogP contribution in [0.3, 0.4) is 0 Å². The summed E-state index contributed by atoms with van der Waals surface area (Å²) in [7, 11) is 1.72. The van der Waals surface area contributed by atoms with E-state index in [0.29, 0.717) is 5.56 Å². The summed E-state index contributed by atoms with van der Waals surface area (Å²) in [5, 5.41) is 3.05. The molecule has 0 aliphatic heterocycles. The average Bonchev–Trinajstić information content (AvgIpc) is 2.39. The van der Waals surface area contributed by atoms with Gasteiger partial charge in [0.1, 0.15) is 0 Å². The van der Waals surface area contributed by atoms with E-state index in [9.17, 15) is 13.2 Å². The predicted octanol–water partition coefficient (Wildman–Crippen LogP) is 3.72. The summed E-state index contributed by atoms with van der Waals surface area (Å²) in [4.78, 5) is 4.10. The van der Waals surface area contributed by atoms with Crippen molar-refractivity contribution in [3.63, 3.8) is 0 Å². The Bertz CT molecular complexity index is 594. The van der Waals surface area contributed by atoms with Crippen LogP contribution >= 0.6 is 0 Å². The fraction of sp³-hybridized carbons (Fsp3) is 0.267. The fourth-order valence-corrected chi connectivity index (χ4v) is 2.17. The Labute approximate surface area is 115 Å². The molecule has 1 aromatic heterocycles. The van der Waals surface area contributed by atoms with Crippen molar-refractivity contribution in [3.05, 3.63) is 65.0 Å². The number of pyridine rings is 1. The van der Waals surface area contributed by atoms with E-state index >= 15 is 0 Å². The van der Waals surface area contributed by atoms with Gasteiger partial charge in [0, 0.05) is 11.9 Å². The zero-order chi connectivity index (χ0) is 14.8. The van der Waals surface area contributed by atoms with Crippen LogP contribution in [0.1, 0.15) is 28.4 Å². The Morgan fingerprint density at radius 3 is 2.40 bits per heavy atom. The lowest BCUT2D eigenvalue weighted by atomic mass is 9.97. The van der Waals surface area contributed by atoms with Crippen molar-refractivity contribution in [2.45, 2.75) is 19.1 Å². The summed E-state index contributed by atoms with van der Waals surface area (Å²) in [5.74, 6) is 0. The maximum Gasteiger partial charge on any atom is 0.416 e. The first-order chi connectivity index (χ1) is 9.41. The Morgan fingerprint density at radius 1 is 1.10 bits per heavy atom. The maximum atomic E-state index is 12.8. The molecule has 0 radical (unpaired) electrons. The number of nitrogens with zero attached hydrogens (tertiary/aromatic N) is 1. The zero-order valence-electron chi connectivity index (χ0n) is 11.2. The molecule has 0 fully saturated rings. The van der Waals surface area contributed by atoms with Gasteiger partial charge in [-0.15, -0.1) is 0 Å². The molecule has 1 aromatic carbocycles. The van der Waals surface area contributed by atoms with Gasteiger partial charge in [0.2, 0.25) is 0 Å². The highest BCUT2D eigenvalue weighted by Crippen LogP contribution is 2.32. The number of rotatable bonds is 3. The Morgan fingerprint density at radius 2 is 1.80 bits per heavy atom. The van der Waals surface area contributed by atoms with Crippen molar-refractivity contribution in [1.29, 1.82) is 0 Å². The molecule has 5 heteroatoms. The van der Waals surface area contributed by atoms with Crippen LogP contribution in [0, 0.1) is 6.92 Å². The fourth-order valence-electron chi connectivity index (χ4n) is 2.17. The second kappa shape index (κ2) is 5.63. The smallest absolute Gasteiger partial charge is 0.309 e. The monoisotopic (exact) mass is 280 g/mol. The summed E-state index contributed by atoms with van der Waals surface area (Å²) in [5.41, 5.74) is 1.66. The van der Waals surface area contributed by atoms with Crippen LogP contribution in [0.2, 0.25) is 0 Å². The second-order valence-corrected chi connectivity index (χ2v) is 4.58. The second-order valence-electron chi connectivity index (χ2n) is 4.58. The van der Waals surface area contributed by atoms with Crippen LogP contribution in [0.5, 0.6) is 0 Å². The maximum absolute atomic E-state index is 12.8. The minimum atomic E-state index is -4.33. The van der Waals surface area contributed by atoms with Gasteiger partial charge in [-0.3, -0.25) is 4.98 Å². The van der Waals surface area contributed by atoms with Gasteiger partial charge in [0.05, 0.1) is 11.6 Å². The summed E-state index contributed by atoms with van der Waals surface area (Å²) >= 11 is 0. The molecule has 1 atom stereocenters. The Balaban J connectivity index is 2.42. The van der Waals surface area contributed by atoms with Crippen LogP contribution in [0.4, 0.5) is 13.2 Å². The number of aromatic nitrogens is 1. The number of hydrogen-bond acceptors (Lipinski definition) is 2. The van der Waals surface area contributed by atoms with Gasteiger partial charge in [0.25, 0.3) is 0 Å². The van der Waals surface area contributed by atoms with Crippen LogP contribution < -0.4 is 5.32 Å². The molecule has 0 bridgehead atoms. The molecule has 0 amide bonds. The van der Waals surface area contributed by atoms with E-state index in [1.54, 1.807) is 25.4 Å². The first-order valence-corrected chi connectivity index (χ1v) is 6.19. The summed E-state index contributed by atoms with van der Waals surface area (Å²) in [6.07, 6.45) is -2.68. The molecule has 0 aliphatic carbocycles. The SMILES string of the molecule is CNC(c1cccc(C(F)(F)F)c1)c1ccnc(C)c1. The van der Waals surface area contributed by atoms with Crippen molar-refractivity contribution in [3.8, 4) is 0 Å². The first-order valence-electron chi connectivity index (χ1n) is 6.19. The molecule has 106 valence electrons. The predicted molar refractivity (Wildman–Crippen MR) is 71.3 cm³/mol. The molecule has 0 saturated heterocycles. The lowest BCUT2D eigenvalue weighted by Crippen LogP contribution is -2.18. The third-order valence-corrected chi connectivity index (χ3v) is 3.09. The quantitative estimate of drug-likeness (QED) is 0.927. The van der Waals surface area contributed by atoms with E-state index in [1.165, 1.54) is 12.1 Å². The van der Waals surface area contributed by atoms with Crippen molar-refractivity contribution in [1.82, 2.24) is 10.3 Å². The van der Waals surface area contributed by atoms with E-state index in [1.807, 2.05) is 13.0 Å². The highest BCUT2D eigenvalue weighted by Gasteiger charge is 2.31. The van der Waals surface area contributed by atoms with Crippen LogP contribution in [-0.4, -0.2) is 12.0 Å². The van der Waals surface area contributed by atoms with Gasteiger partial charge >= 0.3 is 6.18 Å². The number of hydrogen-bond donors (Lipinski definition) is 1. The molecule has 0 spiro atoms. The minimum absolute atomic E-state index is 0.293.